The fourth-order valence-electron chi connectivity index (χ4n) is 9.89. The van der Waals surface area contributed by atoms with Gasteiger partial charge in [-0.05, 0) is 86.0 Å². The highest BCUT2D eigenvalue weighted by molar-refractivity contribution is 6.06. The predicted molar refractivity (Wildman–Crippen MR) is 254 cm³/mol. The zero-order chi connectivity index (χ0) is 41.0. The lowest BCUT2D eigenvalue weighted by atomic mass is 9.66. The Balaban J connectivity index is 1.07. The van der Waals surface area contributed by atoms with Gasteiger partial charge in [0.05, 0.1) is 16.8 Å². The van der Waals surface area contributed by atoms with Gasteiger partial charge >= 0.3 is 0 Å². The number of hydrogen-bond acceptors (Lipinski definition) is 3. The Hall–Kier alpha value is -8.14. The molecule has 3 heteroatoms. The van der Waals surface area contributed by atoms with Crippen molar-refractivity contribution in [1.29, 1.82) is 0 Å². The molecule has 1 aliphatic rings. The van der Waals surface area contributed by atoms with E-state index in [2.05, 4.69) is 212 Å². The smallest absolute Gasteiger partial charge is 0.160 e. The predicted octanol–water partition coefficient (Wildman–Crippen LogP) is 15.1. The van der Waals surface area contributed by atoms with Crippen molar-refractivity contribution in [2.45, 2.75) is 5.41 Å². The Morgan fingerprint density at radius 1 is 0.323 bits per heavy atom. The van der Waals surface area contributed by atoms with E-state index in [1.807, 2.05) is 18.2 Å². The molecule has 290 valence electrons. The van der Waals surface area contributed by atoms with E-state index in [1.54, 1.807) is 0 Å². The van der Waals surface area contributed by atoms with Crippen molar-refractivity contribution in [2.75, 3.05) is 0 Å². The average molecular weight is 791 g/mol. The molecule has 0 bridgehead atoms. The first kappa shape index (κ1) is 35.8. The third-order valence-electron chi connectivity index (χ3n) is 12.6. The minimum Gasteiger partial charge on any atom is -0.456 e. The summed E-state index contributed by atoms with van der Waals surface area (Å²) >= 11 is 0. The van der Waals surface area contributed by atoms with E-state index < -0.39 is 5.41 Å². The molecule has 2 aromatic heterocycles. The maximum absolute atomic E-state index is 6.17. The van der Waals surface area contributed by atoms with Crippen molar-refractivity contribution in [3.63, 3.8) is 0 Å². The summed E-state index contributed by atoms with van der Waals surface area (Å²) in [4.78, 5) is 10.9. The first-order valence-electron chi connectivity index (χ1n) is 21.1. The highest BCUT2D eigenvalue weighted by Gasteiger charge is 2.47. The third-order valence-corrected chi connectivity index (χ3v) is 12.6. The van der Waals surface area contributed by atoms with Crippen LogP contribution in [-0.2, 0) is 5.41 Å². The molecule has 12 rings (SSSR count). The van der Waals surface area contributed by atoms with Crippen molar-refractivity contribution in [3.8, 4) is 67.3 Å². The maximum Gasteiger partial charge on any atom is 0.160 e. The molecule has 0 amide bonds. The Morgan fingerprint density at radius 2 is 0.855 bits per heavy atom. The largest absolute Gasteiger partial charge is 0.456 e. The summed E-state index contributed by atoms with van der Waals surface area (Å²) in [6, 6.07) is 82.3. The molecule has 0 radical (unpaired) electrons. The SMILES string of the molecule is c1ccc(-c2nc(-c3ccccc3-c3cccc(-c4ccc5oc6ccccc6c5c4)c3)cc(-c3cccc4c3C(c3ccccc3)(c3ccccc3)c3ccccc3-4)n2)cc1. The standard InChI is InChI=1S/C59H38N2O/c1-4-18-39(19-5-1)58-60-53(47-28-11-10-26-45(47)42-21-16-20-40(36-42)41-34-35-56-51(37-41)48-29-13-15-33-55(48)62-56)38-54(61-58)50-31-17-30-49-46-27-12-14-32-52(46)59(57(49)50,43-22-6-2-7-23-43)44-24-8-3-9-25-44/h1-38H. The van der Waals surface area contributed by atoms with Crippen molar-refractivity contribution in [2.24, 2.45) is 0 Å². The molecule has 9 aromatic carbocycles. The minimum absolute atomic E-state index is 0.590. The van der Waals surface area contributed by atoms with Crippen LogP contribution in [0.25, 0.3) is 89.2 Å². The molecule has 0 atom stereocenters. The number of fused-ring (bicyclic) bond motifs is 6. The number of hydrogen-bond donors (Lipinski definition) is 0. The van der Waals surface area contributed by atoms with Crippen molar-refractivity contribution in [1.82, 2.24) is 9.97 Å². The first-order chi connectivity index (χ1) is 30.7. The lowest BCUT2D eigenvalue weighted by Crippen LogP contribution is -2.29. The van der Waals surface area contributed by atoms with Crippen LogP contribution in [-0.4, -0.2) is 9.97 Å². The summed E-state index contributed by atoms with van der Waals surface area (Å²) in [5, 5.41) is 2.24. The molecule has 1 aliphatic carbocycles. The second-order valence-corrected chi connectivity index (χ2v) is 16.0. The number of para-hydroxylation sites is 1. The molecule has 0 aliphatic heterocycles. The van der Waals surface area contributed by atoms with Crippen LogP contribution in [0.5, 0.6) is 0 Å². The van der Waals surface area contributed by atoms with E-state index in [-0.39, 0.29) is 0 Å². The van der Waals surface area contributed by atoms with Crippen molar-refractivity contribution >= 4 is 21.9 Å². The van der Waals surface area contributed by atoms with Gasteiger partial charge in [0.2, 0.25) is 0 Å². The fraction of sp³-hybridized carbons (Fsp3) is 0.0169. The lowest BCUT2D eigenvalue weighted by molar-refractivity contribution is 0.669. The highest BCUT2D eigenvalue weighted by Crippen LogP contribution is 2.58. The Bertz CT molecular complexity index is 3420. The van der Waals surface area contributed by atoms with Crippen LogP contribution in [0.4, 0.5) is 0 Å². The fourth-order valence-corrected chi connectivity index (χ4v) is 9.89. The third kappa shape index (κ3) is 5.67. The Morgan fingerprint density at radius 3 is 1.63 bits per heavy atom. The van der Waals surface area contributed by atoms with Crippen LogP contribution >= 0.6 is 0 Å². The van der Waals surface area contributed by atoms with Crippen molar-refractivity contribution < 1.29 is 4.42 Å². The van der Waals surface area contributed by atoms with E-state index in [9.17, 15) is 0 Å². The van der Waals surface area contributed by atoms with Crippen LogP contribution < -0.4 is 0 Å². The zero-order valence-corrected chi connectivity index (χ0v) is 33.7. The zero-order valence-electron chi connectivity index (χ0n) is 33.7. The van der Waals surface area contributed by atoms with E-state index in [1.165, 1.54) is 33.4 Å². The molecule has 0 fully saturated rings. The molecule has 0 spiro atoms. The van der Waals surface area contributed by atoms with Gasteiger partial charge in [-0.25, -0.2) is 9.97 Å². The summed E-state index contributed by atoms with van der Waals surface area (Å²) in [6.07, 6.45) is 0. The monoisotopic (exact) mass is 790 g/mol. The van der Waals surface area contributed by atoms with Crippen LogP contribution in [0, 0.1) is 0 Å². The van der Waals surface area contributed by atoms with Gasteiger partial charge in [-0.3, -0.25) is 0 Å². The Labute approximate surface area is 360 Å². The maximum atomic E-state index is 6.17. The van der Waals surface area contributed by atoms with Gasteiger partial charge in [0, 0.05) is 27.5 Å². The van der Waals surface area contributed by atoms with E-state index >= 15 is 0 Å². The normalized spacial score (nSPS) is 12.6. The summed E-state index contributed by atoms with van der Waals surface area (Å²) in [5.74, 6) is 0.681. The van der Waals surface area contributed by atoms with Gasteiger partial charge in [0.25, 0.3) is 0 Å². The average Bonchev–Trinajstić information content (AvgIpc) is 3.88. The molecule has 11 aromatic rings. The number of furan rings is 1. The quantitative estimate of drug-likeness (QED) is 0.161. The summed E-state index contributed by atoms with van der Waals surface area (Å²) in [5.41, 5.74) is 17.9. The van der Waals surface area contributed by atoms with Gasteiger partial charge in [-0.2, -0.15) is 0 Å². The number of rotatable bonds is 7. The van der Waals surface area contributed by atoms with Gasteiger partial charge in [0.15, 0.2) is 5.82 Å². The topological polar surface area (TPSA) is 38.9 Å². The lowest BCUT2D eigenvalue weighted by Gasteiger charge is -2.35. The molecular formula is C59H38N2O. The van der Waals surface area contributed by atoms with Crippen LogP contribution in [0.15, 0.2) is 235 Å². The molecule has 3 nitrogen and oxygen atoms in total. The summed E-state index contributed by atoms with van der Waals surface area (Å²) < 4.78 is 6.17. The van der Waals surface area contributed by atoms with Gasteiger partial charge in [0.1, 0.15) is 11.2 Å². The molecule has 62 heavy (non-hydrogen) atoms. The molecule has 0 saturated carbocycles. The van der Waals surface area contributed by atoms with Crippen LogP contribution in [0.1, 0.15) is 22.3 Å². The molecule has 0 unspecified atom stereocenters. The van der Waals surface area contributed by atoms with Gasteiger partial charge in [-0.1, -0.05) is 200 Å². The van der Waals surface area contributed by atoms with E-state index in [4.69, 9.17) is 14.4 Å². The van der Waals surface area contributed by atoms with Gasteiger partial charge in [-0.15, -0.1) is 0 Å². The van der Waals surface area contributed by atoms with E-state index in [0.29, 0.717) is 5.82 Å². The molecule has 0 N–H and O–H groups in total. The summed E-state index contributed by atoms with van der Waals surface area (Å²) in [7, 11) is 0. The molecule has 0 saturated heterocycles. The number of benzene rings is 9. The van der Waals surface area contributed by atoms with Gasteiger partial charge < -0.3 is 4.42 Å². The minimum atomic E-state index is -0.590. The number of nitrogens with zero attached hydrogens (tertiary/aromatic N) is 2. The van der Waals surface area contributed by atoms with E-state index in [0.717, 1.165) is 72.3 Å². The second-order valence-electron chi connectivity index (χ2n) is 16.0. The summed E-state index contributed by atoms with van der Waals surface area (Å²) in [6.45, 7) is 0. The first-order valence-corrected chi connectivity index (χ1v) is 21.1. The van der Waals surface area contributed by atoms with Crippen LogP contribution in [0.3, 0.4) is 0 Å². The van der Waals surface area contributed by atoms with Crippen LogP contribution in [0.2, 0.25) is 0 Å². The number of aromatic nitrogens is 2. The van der Waals surface area contributed by atoms with Crippen molar-refractivity contribution in [3.05, 3.63) is 253 Å². The Kier molecular flexibility index (Phi) is 8.39. The molecule has 2 heterocycles. The second kappa shape index (κ2) is 14.5. The highest BCUT2D eigenvalue weighted by atomic mass is 16.3. The molecular weight excluding hydrogens is 753 g/mol.